The Morgan fingerprint density at radius 1 is 1.15 bits per heavy atom. The van der Waals surface area contributed by atoms with Gasteiger partial charge in [0.1, 0.15) is 0 Å². The van der Waals surface area contributed by atoms with Crippen molar-refractivity contribution in [3.05, 3.63) is 36.8 Å². The molecule has 1 saturated heterocycles. The Morgan fingerprint density at radius 2 is 2.00 bits per heavy atom. The number of hydrogen-bond donors (Lipinski definition) is 1. The molecule has 5 heteroatoms. The highest BCUT2D eigenvalue weighted by Crippen LogP contribution is 2.22. The SMILES string of the molecule is NCC1CCCCN1c1ncc(-c2ccccn2)cn1. The van der Waals surface area contributed by atoms with Crippen molar-refractivity contribution >= 4 is 5.95 Å². The topological polar surface area (TPSA) is 67.9 Å². The Hall–Kier alpha value is -2.01. The number of anilines is 1. The fourth-order valence-electron chi connectivity index (χ4n) is 2.64. The first-order valence-electron chi connectivity index (χ1n) is 7.08. The molecule has 2 aromatic rings. The molecular weight excluding hydrogens is 250 g/mol. The van der Waals surface area contributed by atoms with Crippen molar-refractivity contribution in [1.82, 2.24) is 15.0 Å². The summed E-state index contributed by atoms with van der Waals surface area (Å²) in [6.07, 6.45) is 9.01. The van der Waals surface area contributed by atoms with Crippen LogP contribution in [0, 0.1) is 0 Å². The van der Waals surface area contributed by atoms with E-state index in [2.05, 4.69) is 19.9 Å². The average molecular weight is 269 g/mol. The van der Waals surface area contributed by atoms with Crippen LogP contribution in [0.5, 0.6) is 0 Å². The standard InChI is InChI=1S/C15H19N5/c16-9-13-5-2-4-8-20(13)15-18-10-12(11-19-15)14-6-1-3-7-17-14/h1,3,6-7,10-11,13H,2,4-5,8-9,16H2. The van der Waals surface area contributed by atoms with Gasteiger partial charge in [-0.15, -0.1) is 0 Å². The van der Waals surface area contributed by atoms with Gasteiger partial charge in [0.25, 0.3) is 0 Å². The summed E-state index contributed by atoms with van der Waals surface area (Å²) in [4.78, 5) is 15.5. The van der Waals surface area contributed by atoms with Crippen LogP contribution in [-0.4, -0.2) is 34.1 Å². The lowest BCUT2D eigenvalue weighted by Crippen LogP contribution is -2.45. The number of rotatable bonds is 3. The molecule has 0 spiro atoms. The van der Waals surface area contributed by atoms with Gasteiger partial charge in [0.05, 0.1) is 5.69 Å². The largest absolute Gasteiger partial charge is 0.337 e. The summed E-state index contributed by atoms with van der Waals surface area (Å²) in [6.45, 7) is 1.65. The maximum Gasteiger partial charge on any atom is 0.225 e. The number of piperidine rings is 1. The second-order valence-electron chi connectivity index (χ2n) is 5.07. The van der Waals surface area contributed by atoms with Gasteiger partial charge in [-0.05, 0) is 31.4 Å². The van der Waals surface area contributed by atoms with Crippen LogP contribution in [0.1, 0.15) is 19.3 Å². The van der Waals surface area contributed by atoms with Gasteiger partial charge in [0.2, 0.25) is 5.95 Å². The van der Waals surface area contributed by atoms with Gasteiger partial charge >= 0.3 is 0 Å². The lowest BCUT2D eigenvalue weighted by Gasteiger charge is -2.34. The number of nitrogens with two attached hydrogens (primary N) is 1. The van der Waals surface area contributed by atoms with E-state index in [4.69, 9.17) is 5.73 Å². The van der Waals surface area contributed by atoms with E-state index in [1.807, 2.05) is 30.6 Å². The Balaban J connectivity index is 1.82. The van der Waals surface area contributed by atoms with E-state index >= 15 is 0 Å². The molecule has 0 radical (unpaired) electrons. The highest BCUT2D eigenvalue weighted by Gasteiger charge is 2.23. The number of aromatic nitrogens is 3. The normalized spacial score (nSPS) is 19.1. The molecule has 3 heterocycles. The minimum Gasteiger partial charge on any atom is -0.337 e. The van der Waals surface area contributed by atoms with Gasteiger partial charge in [0, 0.05) is 43.3 Å². The van der Waals surface area contributed by atoms with Crippen LogP contribution in [-0.2, 0) is 0 Å². The number of nitrogens with zero attached hydrogens (tertiary/aromatic N) is 4. The van der Waals surface area contributed by atoms with Crippen molar-refractivity contribution in [3.8, 4) is 11.3 Å². The summed E-state index contributed by atoms with van der Waals surface area (Å²) in [7, 11) is 0. The van der Waals surface area contributed by atoms with Crippen LogP contribution in [0.3, 0.4) is 0 Å². The first kappa shape index (κ1) is 13.0. The van der Waals surface area contributed by atoms with Gasteiger partial charge in [0.15, 0.2) is 0 Å². The summed E-state index contributed by atoms with van der Waals surface area (Å²) in [5.41, 5.74) is 7.68. The average Bonchev–Trinajstić information content (AvgIpc) is 2.56. The van der Waals surface area contributed by atoms with Crippen LogP contribution in [0.25, 0.3) is 11.3 Å². The second kappa shape index (κ2) is 5.96. The van der Waals surface area contributed by atoms with Crippen molar-refractivity contribution < 1.29 is 0 Å². The molecule has 2 N–H and O–H groups in total. The Labute approximate surface area is 118 Å². The zero-order valence-electron chi connectivity index (χ0n) is 11.4. The summed E-state index contributed by atoms with van der Waals surface area (Å²) < 4.78 is 0. The molecular formula is C15H19N5. The third kappa shape index (κ3) is 2.63. The summed E-state index contributed by atoms with van der Waals surface area (Å²) in [6, 6.07) is 6.19. The third-order valence-corrected chi connectivity index (χ3v) is 3.75. The Bertz CT molecular complexity index is 540. The number of pyridine rings is 1. The van der Waals surface area contributed by atoms with E-state index in [9.17, 15) is 0 Å². The second-order valence-corrected chi connectivity index (χ2v) is 5.07. The molecule has 0 saturated carbocycles. The molecule has 0 bridgehead atoms. The van der Waals surface area contributed by atoms with E-state index in [0.29, 0.717) is 12.6 Å². The predicted molar refractivity (Wildman–Crippen MR) is 79.3 cm³/mol. The maximum atomic E-state index is 5.84. The Morgan fingerprint density at radius 3 is 2.70 bits per heavy atom. The minimum absolute atomic E-state index is 0.365. The van der Waals surface area contributed by atoms with E-state index in [-0.39, 0.29) is 0 Å². The molecule has 104 valence electrons. The fourth-order valence-corrected chi connectivity index (χ4v) is 2.64. The molecule has 20 heavy (non-hydrogen) atoms. The van der Waals surface area contributed by atoms with Gasteiger partial charge in [-0.3, -0.25) is 4.98 Å². The highest BCUT2D eigenvalue weighted by molar-refractivity contribution is 5.57. The molecule has 1 aliphatic heterocycles. The predicted octanol–water partition coefficient (Wildman–Crippen LogP) is 1.86. The maximum absolute atomic E-state index is 5.84. The van der Waals surface area contributed by atoms with Crippen molar-refractivity contribution in [2.75, 3.05) is 18.0 Å². The molecule has 0 amide bonds. The third-order valence-electron chi connectivity index (χ3n) is 3.75. The highest BCUT2D eigenvalue weighted by atomic mass is 15.3. The lowest BCUT2D eigenvalue weighted by atomic mass is 10.0. The fraction of sp³-hybridized carbons (Fsp3) is 0.400. The minimum atomic E-state index is 0.365. The molecule has 1 unspecified atom stereocenters. The van der Waals surface area contributed by atoms with Crippen molar-refractivity contribution in [2.24, 2.45) is 5.73 Å². The van der Waals surface area contributed by atoms with Gasteiger partial charge in [-0.2, -0.15) is 0 Å². The van der Waals surface area contributed by atoms with Crippen LogP contribution in [0.4, 0.5) is 5.95 Å². The molecule has 1 fully saturated rings. The first-order chi connectivity index (χ1) is 9.88. The lowest BCUT2D eigenvalue weighted by molar-refractivity contribution is 0.458. The van der Waals surface area contributed by atoms with Crippen LogP contribution in [0.2, 0.25) is 0 Å². The van der Waals surface area contributed by atoms with Gasteiger partial charge < -0.3 is 10.6 Å². The number of hydrogen-bond acceptors (Lipinski definition) is 5. The van der Waals surface area contributed by atoms with Gasteiger partial charge in [-0.25, -0.2) is 9.97 Å². The molecule has 5 nitrogen and oxygen atoms in total. The molecule has 1 atom stereocenters. The zero-order chi connectivity index (χ0) is 13.8. The zero-order valence-corrected chi connectivity index (χ0v) is 11.4. The monoisotopic (exact) mass is 269 g/mol. The molecule has 0 aromatic carbocycles. The van der Waals surface area contributed by atoms with E-state index < -0.39 is 0 Å². The molecule has 3 rings (SSSR count). The first-order valence-corrected chi connectivity index (χ1v) is 7.08. The summed E-state index contributed by atoms with van der Waals surface area (Å²) in [5, 5.41) is 0. The summed E-state index contributed by atoms with van der Waals surface area (Å²) >= 11 is 0. The quantitative estimate of drug-likeness (QED) is 0.921. The van der Waals surface area contributed by atoms with Crippen molar-refractivity contribution in [3.63, 3.8) is 0 Å². The smallest absolute Gasteiger partial charge is 0.225 e. The molecule has 1 aliphatic rings. The van der Waals surface area contributed by atoms with Gasteiger partial charge in [-0.1, -0.05) is 6.07 Å². The van der Waals surface area contributed by atoms with Crippen molar-refractivity contribution in [1.29, 1.82) is 0 Å². The van der Waals surface area contributed by atoms with Crippen molar-refractivity contribution in [2.45, 2.75) is 25.3 Å². The van der Waals surface area contributed by atoms with E-state index in [1.165, 1.54) is 12.8 Å². The van der Waals surface area contributed by atoms with E-state index in [1.54, 1.807) is 6.20 Å². The summed E-state index contributed by atoms with van der Waals surface area (Å²) in [5.74, 6) is 0.778. The van der Waals surface area contributed by atoms with E-state index in [0.717, 1.165) is 30.2 Å². The van der Waals surface area contributed by atoms with Crippen LogP contribution < -0.4 is 10.6 Å². The Kier molecular flexibility index (Phi) is 3.87. The molecule has 2 aromatic heterocycles. The van der Waals surface area contributed by atoms with Crippen LogP contribution >= 0.6 is 0 Å². The van der Waals surface area contributed by atoms with Crippen LogP contribution in [0.15, 0.2) is 36.8 Å². The molecule has 0 aliphatic carbocycles.